The fraction of sp³-hybridized carbons (Fsp3) is 0. The minimum atomic E-state index is 0.763. The third kappa shape index (κ3) is 3.62. The number of benzene rings is 3. The molecule has 21 heavy (non-hydrogen) atoms. The van der Waals surface area contributed by atoms with Gasteiger partial charge in [-0.2, -0.15) is 0 Å². The van der Waals surface area contributed by atoms with Crippen molar-refractivity contribution in [3.63, 3.8) is 0 Å². The van der Waals surface area contributed by atoms with Crippen LogP contribution in [0.5, 0.6) is 0 Å². The molecule has 3 rings (SSSR count). The monoisotopic (exact) mass is 290 g/mol. The molecule has 0 saturated heterocycles. The Kier molecular flexibility index (Phi) is 4.18. The highest BCUT2D eigenvalue weighted by atomic mass is 35.5. The van der Waals surface area contributed by atoms with Crippen LogP contribution in [-0.2, 0) is 0 Å². The van der Waals surface area contributed by atoms with Gasteiger partial charge in [0.15, 0.2) is 0 Å². The summed E-state index contributed by atoms with van der Waals surface area (Å²) in [5.74, 6) is 0. The first-order valence-corrected chi connectivity index (χ1v) is 7.28. The molecule has 0 bridgehead atoms. The van der Waals surface area contributed by atoms with E-state index in [1.165, 1.54) is 16.7 Å². The van der Waals surface area contributed by atoms with Gasteiger partial charge in [0.25, 0.3) is 0 Å². The predicted octanol–water partition coefficient (Wildman–Crippen LogP) is 6.18. The lowest BCUT2D eigenvalue weighted by atomic mass is 10.0. The van der Waals surface area contributed by atoms with Crippen molar-refractivity contribution in [2.24, 2.45) is 0 Å². The summed E-state index contributed by atoms with van der Waals surface area (Å²) in [4.78, 5) is 0. The Hall–Kier alpha value is -2.31. The maximum atomic E-state index is 5.88. The first kappa shape index (κ1) is 13.7. The van der Waals surface area contributed by atoms with Gasteiger partial charge in [0, 0.05) is 5.02 Å². The van der Waals surface area contributed by atoms with E-state index in [1.807, 2.05) is 30.3 Å². The van der Waals surface area contributed by atoms with E-state index in [9.17, 15) is 0 Å². The molecule has 0 nitrogen and oxygen atoms in total. The molecule has 3 aromatic rings. The second kappa shape index (κ2) is 6.43. The molecular formula is C20H15Cl. The average molecular weight is 291 g/mol. The van der Waals surface area contributed by atoms with Gasteiger partial charge in [-0.15, -0.1) is 0 Å². The quantitative estimate of drug-likeness (QED) is 0.505. The Bertz CT molecular complexity index is 723. The van der Waals surface area contributed by atoms with Crippen molar-refractivity contribution in [1.82, 2.24) is 0 Å². The van der Waals surface area contributed by atoms with Gasteiger partial charge >= 0.3 is 0 Å². The Morgan fingerprint density at radius 2 is 1.00 bits per heavy atom. The molecule has 3 aromatic carbocycles. The second-order valence-corrected chi connectivity index (χ2v) is 5.31. The van der Waals surface area contributed by atoms with E-state index < -0.39 is 0 Å². The number of rotatable bonds is 3. The van der Waals surface area contributed by atoms with Gasteiger partial charge in [-0.1, -0.05) is 90.5 Å². The Labute approximate surface area is 130 Å². The molecular weight excluding hydrogens is 276 g/mol. The summed E-state index contributed by atoms with van der Waals surface area (Å²) < 4.78 is 0. The summed E-state index contributed by atoms with van der Waals surface area (Å²) in [5.41, 5.74) is 4.81. The summed E-state index contributed by atoms with van der Waals surface area (Å²) in [6, 6.07) is 26.8. The Morgan fingerprint density at radius 3 is 1.57 bits per heavy atom. The largest absolute Gasteiger partial charge is 0.0843 e. The van der Waals surface area contributed by atoms with E-state index in [2.05, 4.69) is 60.7 Å². The highest BCUT2D eigenvalue weighted by Crippen LogP contribution is 2.20. The summed E-state index contributed by atoms with van der Waals surface area (Å²) in [6.07, 6.45) is 4.20. The molecule has 0 unspecified atom stereocenters. The van der Waals surface area contributed by atoms with Crippen molar-refractivity contribution in [2.45, 2.75) is 0 Å². The molecule has 0 amide bonds. The maximum absolute atomic E-state index is 5.88. The van der Waals surface area contributed by atoms with Crippen LogP contribution < -0.4 is 0 Å². The first-order chi connectivity index (χ1) is 10.3. The highest BCUT2D eigenvalue weighted by molar-refractivity contribution is 6.30. The van der Waals surface area contributed by atoms with Crippen LogP contribution >= 0.6 is 11.6 Å². The standard InChI is InChI=1S/C20H15Cl/c21-20-14-10-17(11-15-20)7-6-16-8-12-19(13-9-16)18-4-2-1-3-5-18/h1-15H/b7-6+. The molecule has 0 aliphatic rings. The van der Waals surface area contributed by atoms with Gasteiger partial charge in [-0.05, 0) is 34.4 Å². The molecule has 102 valence electrons. The Balaban J connectivity index is 1.77. The van der Waals surface area contributed by atoms with Crippen LogP contribution in [0.1, 0.15) is 11.1 Å². The van der Waals surface area contributed by atoms with Crippen LogP contribution in [0.25, 0.3) is 23.3 Å². The molecule has 0 spiro atoms. The lowest BCUT2D eigenvalue weighted by molar-refractivity contribution is 1.60. The zero-order valence-corrected chi connectivity index (χ0v) is 12.3. The zero-order valence-electron chi connectivity index (χ0n) is 11.5. The van der Waals surface area contributed by atoms with Crippen molar-refractivity contribution in [3.05, 3.63) is 95.0 Å². The van der Waals surface area contributed by atoms with E-state index in [0.29, 0.717) is 0 Å². The molecule has 1 heteroatoms. The highest BCUT2D eigenvalue weighted by Gasteiger charge is 1.95. The summed E-state index contributed by atoms with van der Waals surface area (Å²) in [5, 5.41) is 0.763. The van der Waals surface area contributed by atoms with E-state index in [1.54, 1.807) is 0 Å². The average Bonchev–Trinajstić information content (AvgIpc) is 2.56. The van der Waals surface area contributed by atoms with Gasteiger partial charge in [-0.3, -0.25) is 0 Å². The van der Waals surface area contributed by atoms with Gasteiger partial charge in [0.2, 0.25) is 0 Å². The fourth-order valence-electron chi connectivity index (χ4n) is 2.18. The van der Waals surface area contributed by atoms with Crippen LogP contribution in [0.15, 0.2) is 78.9 Å². The maximum Gasteiger partial charge on any atom is 0.0406 e. The smallest absolute Gasteiger partial charge is 0.0406 e. The lowest BCUT2D eigenvalue weighted by Crippen LogP contribution is -1.78. The summed E-state index contributed by atoms with van der Waals surface area (Å²) >= 11 is 5.88. The van der Waals surface area contributed by atoms with Crippen molar-refractivity contribution in [3.8, 4) is 11.1 Å². The summed E-state index contributed by atoms with van der Waals surface area (Å²) in [7, 11) is 0. The van der Waals surface area contributed by atoms with Crippen molar-refractivity contribution in [2.75, 3.05) is 0 Å². The van der Waals surface area contributed by atoms with E-state index in [4.69, 9.17) is 11.6 Å². The molecule has 0 aromatic heterocycles. The minimum Gasteiger partial charge on any atom is -0.0843 e. The second-order valence-electron chi connectivity index (χ2n) is 4.87. The molecule has 0 heterocycles. The molecule has 0 aliphatic carbocycles. The van der Waals surface area contributed by atoms with Crippen LogP contribution in [0, 0.1) is 0 Å². The fourth-order valence-corrected chi connectivity index (χ4v) is 2.31. The molecule has 0 N–H and O–H groups in total. The normalized spacial score (nSPS) is 10.9. The lowest BCUT2D eigenvalue weighted by Gasteiger charge is -2.02. The zero-order chi connectivity index (χ0) is 14.5. The topological polar surface area (TPSA) is 0 Å². The number of halogens is 1. The van der Waals surface area contributed by atoms with Gasteiger partial charge in [-0.25, -0.2) is 0 Å². The first-order valence-electron chi connectivity index (χ1n) is 6.90. The van der Waals surface area contributed by atoms with E-state index in [0.717, 1.165) is 10.6 Å². The number of hydrogen-bond acceptors (Lipinski definition) is 0. The minimum absolute atomic E-state index is 0.763. The third-order valence-electron chi connectivity index (χ3n) is 3.36. The summed E-state index contributed by atoms with van der Waals surface area (Å²) in [6.45, 7) is 0. The van der Waals surface area contributed by atoms with Gasteiger partial charge in [0.1, 0.15) is 0 Å². The SMILES string of the molecule is Clc1ccc(/C=C/c2ccc(-c3ccccc3)cc2)cc1. The molecule has 0 aliphatic heterocycles. The van der Waals surface area contributed by atoms with E-state index in [-0.39, 0.29) is 0 Å². The Morgan fingerprint density at radius 1 is 0.524 bits per heavy atom. The molecule has 0 atom stereocenters. The molecule has 0 radical (unpaired) electrons. The van der Waals surface area contributed by atoms with Crippen LogP contribution in [-0.4, -0.2) is 0 Å². The number of hydrogen-bond donors (Lipinski definition) is 0. The van der Waals surface area contributed by atoms with Gasteiger partial charge in [0.05, 0.1) is 0 Å². The van der Waals surface area contributed by atoms with Crippen LogP contribution in [0.4, 0.5) is 0 Å². The van der Waals surface area contributed by atoms with Gasteiger partial charge < -0.3 is 0 Å². The van der Waals surface area contributed by atoms with Crippen LogP contribution in [0.3, 0.4) is 0 Å². The van der Waals surface area contributed by atoms with Crippen molar-refractivity contribution >= 4 is 23.8 Å². The van der Waals surface area contributed by atoms with Crippen LogP contribution in [0.2, 0.25) is 5.02 Å². The van der Waals surface area contributed by atoms with Crippen molar-refractivity contribution < 1.29 is 0 Å². The van der Waals surface area contributed by atoms with E-state index >= 15 is 0 Å². The predicted molar refractivity (Wildman–Crippen MR) is 92.3 cm³/mol. The third-order valence-corrected chi connectivity index (χ3v) is 3.61. The van der Waals surface area contributed by atoms with Crippen molar-refractivity contribution in [1.29, 1.82) is 0 Å². The molecule has 0 saturated carbocycles. The molecule has 0 fully saturated rings.